The first-order valence-corrected chi connectivity index (χ1v) is 13.1. The third-order valence-electron chi connectivity index (χ3n) is 7.69. The Morgan fingerprint density at radius 3 is 1.87 bits per heavy atom. The van der Waals surface area contributed by atoms with Crippen LogP contribution in [-0.2, 0) is 19.3 Å². The molecule has 4 aromatic carbocycles. The van der Waals surface area contributed by atoms with E-state index in [0.29, 0.717) is 24.8 Å². The van der Waals surface area contributed by atoms with Crippen LogP contribution < -0.4 is 0 Å². The van der Waals surface area contributed by atoms with E-state index in [1.807, 2.05) is 77.1 Å². The fourth-order valence-corrected chi connectivity index (χ4v) is 5.44. The molecule has 0 spiro atoms. The number of hydrogen-bond donors (Lipinski definition) is 3. The van der Waals surface area contributed by atoms with Crippen molar-refractivity contribution in [2.24, 2.45) is 0 Å². The normalized spacial score (nSPS) is 11.0. The molecule has 4 nitrogen and oxygen atoms in total. The molecule has 0 radical (unpaired) electrons. The number of benzene rings is 4. The van der Waals surface area contributed by atoms with Crippen molar-refractivity contribution < 1.29 is 20.1 Å². The lowest BCUT2D eigenvalue weighted by atomic mass is 9.85. The minimum Gasteiger partial charge on any atom is -0.508 e. The Balaban J connectivity index is 1.81. The van der Waals surface area contributed by atoms with Crippen LogP contribution in [-0.4, -0.2) is 21.6 Å². The summed E-state index contributed by atoms with van der Waals surface area (Å²) in [6, 6.07) is 15.2. The Morgan fingerprint density at radius 2 is 1.23 bits per heavy atom. The maximum atomic E-state index is 11.7. The quantitative estimate of drug-likeness (QED) is 0.209. The van der Waals surface area contributed by atoms with E-state index in [1.54, 1.807) is 12.1 Å². The zero-order valence-electron chi connectivity index (χ0n) is 23.4. The van der Waals surface area contributed by atoms with Gasteiger partial charge in [0.15, 0.2) is 0 Å². The lowest BCUT2D eigenvalue weighted by molar-refractivity contribution is 0.112. The molecule has 0 aliphatic rings. The van der Waals surface area contributed by atoms with Crippen LogP contribution in [0.25, 0.3) is 6.08 Å². The summed E-state index contributed by atoms with van der Waals surface area (Å²) in [5.41, 5.74) is 11.3. The zero-order chi connectivity index (χ0) is 28.4. The number of aryl methyl sites for hydroxylation is 4. The summed E-state index contributed by atoms with van der Waals surface area (Å²) >= 11 is 0. The van der Waals surface area contributed by atoms with Gasteiger partial charge in [-0.2, -0.15) is 0 Å². The maximum absolute atomic E-state index is 11.7. The van der Waals surface area contributed by atoms with Crippen molar-refractivity contribution in [3.63, 3.8) is 0 Å². The van der Waals surface area contributed by atoms with E-state index in [2.05, 4.69) is 6.58 Å². The smallest absolute Gasteiger partial charge is 0.150 e. The van der Waals surface area contributed by atoms with Gasteiger partial charge in [0.05, 0.1) is 0 Å². The lowest BCUT2D eigenvalue weighted by Crippen LogP contribution is -2.05. The monoisotopic (exact) mass is 520 g/mol. The highest BCUT2D eigenvalue weighted by Gasteiger charge is 2.20. The van der Waals surface area contributed by atoms with Crippen molar-refractivity contribution in [2.75, 3.05) is 0 Å². The fourth-order valence-electron chi connectivity index (χ4n) is 5.44. The molecule has 0 aromatic heterocycles. The van der Waals surface area contributed by atoms with Crippen LogP contribution in [0.2, 0.25) is 0 Å². The molecule has 0 bridgehead atoms. The Morgan fingerprint density at radius 1 is 0.667 bits per heavy atom. The molecule has 4 rings (SSSR count). The average Bonchev–Trinajstić information content (AvgIpc) is 2.90. The number of phenolic OH excluding ortho intramolecular Hbond substituents is 3. The standard InChI is InChI=1S/C35H36O4/c1-7-30-28(15-23(5)35(39)32(30)18-29-13-21(3)9-11-33(29)37)16-26-14-22(4)34(38)31(24(26)6)17-27-12-20(2)8-10-25(27)19-36/h7-15,19,37-39H,1,16-18H2,2-6H3. The van der Waals surface area contributed by atoms with E-state index in [4.69, 9.17) is 0 Å². The van der Waals surface area contributed by atoms with Crippen molar-refractivity contribution in [3.05, 3.63) is 127 Å². The lowest BCUT2D eigenvalue weighted by Gasteiger charge is -2.20. The van der Waals surface area contributed by atoms with Gasteiger partial charge in [0.1, 0.15) is 23.5 Å². The Labute approximate surface area is 230 Å². The molecular weight excluding hydrogens is 484 g/mol. The van der Waals surface area contributed by atoms with Gasteiger partial charge in [0.2, 0.25) is 0 Å². The molecule has 0 unspecified atom stereocenters. The van der Waals surface area contributed by atoms with E-state index < -0.39 is 0 Å². The predicted octanol–water partition coefficient (Wildman–Crippen LogP) is 7.57. The van der Waals surface area contributed by atoms with Crippen molar-refractivity contribution in [2.45, 2.75) is 53.9 Å². The van der Waals surface area contributed by atoms with Crippen LogP contribution in [0, 0.1) is 34.6 Å². The van der Waals surface area contributed by atoms with E-state index in [1.165, 1.54) is 0 Å². The topological polar surface area (TPSA) is 77.8 Å². The molecule has 4 heteroatoms. The van der Waals surface area contributed by atoms with Crippen molar-refractivity contribution in [1.29, 1.82) is 0 Å². The van der Waals surface area contributed by atoms with E-state index in [0.717, 1.165) is 73.0 Å². The number of aromatic hydroxyl groups is 3. The van der Waals surface area contributed by atoms with Crippen LogP contribution in [0.4, 0.5) is 0 Å². The number of carbonyl (C=O) groups is 1. The predicted molar refractivity (Wildman–Crippen MR) is 158 cm³/mol. The molecule has 200 valence electrons. The minimum atomic E-state index is 0.193. The van der Waals surface area contributed by atoms with Gasteiger partial charge in [-0.1, -0.05) is 66.2 Å². The first kappa shape index (κ1) is 27.7. The highest BCUT2D eigenvalue weighted by atomic mass is 16.3. The summed E-state index contributed by atoms with van der Waals surface area (Å²) in [5, 5.41) is 32.6. The van der Waals surface area contributed by atoms with Gasteiger partial charge in [-0.05, 0) is 91.6 Å². The van der Waals surface area contributed by atoms with Gasteiger partial charge in [-0.15, -0.1) is 0 Å². The Bertz CT molecular complexity index is 1590. The summed E-state index contributed by atoms with van der Waals surface area (Å²) in [6.45, 7) is 13.8. The first-order chi connectivity index (χ1) is 18.5. The second-order valence-electron chi connectivity index (χ2n) is 10.6. The second-order valence-corrected chi connectivity index (χ2v) is 10.6. The number of phenols is 3. The van der Waals surface area contributed by atoms with Crippen molar-refractivity contribution in [1.82, 2.24) is 0 Å². The second kappa shape index (κ2) is 11.2. The number of aldehydes is 1. The van der Waals surface area contributed by atoms with Crippen LogP contribution in [0.1, 0.15) is 77.1 Å². The molecule has 0 amide bonds. The minimum absolute atomic E-state index is 0.193. The van der Waals surface area contributed by atoms with Gasteiger partial charge in [-0.3, -0.25) is 4.79 Å². The van der Waals surface area contributed by atoms with Gasteiger partial charge >= 0.3 is 0 Å². The van der Waals surface area contributed by atoms with Crippen LogP contribution in [0.3, 0.4) is 0 Å². The summed E-state index contributed by atoms with van der Waals surface area (Å²) in [7, 11) is 0. The van der Waals surface area contributed by atoms with E-state index in [-0.39, 0.29) is 17.2 Å². The molecule has 0 aliphatic carbocycles. The summed E-state index contributed by atoms with van der Waals surface area (Å²) in [6.07, 6.45) is 4.02. The molecule has 0 heterocycles. The van der Waals surface area contributed by atoms with Gasteiger partial charge in [-0.25, -0.2) is 0 Å². The number of carbonyl (C=O) groups excluding carboxylic acids is 1. The fraction of sp³-hybridized carbons (Fsp3) is 0.229. The summed E-state index contributed by atoms with van der Waals surface area (Å²) in [5.74, 6) is 0.643. The molecule has 4 aromatic rings. The van der Waals surface area contributed by atoms with E-state index in [9.17, 15) is 20.1 Å². The van der Waals surface area contributed by atoms with Crippen molar-refractivity contribution in [3.8, 4) is 17.2 Å². The molecular formula is C35H36O4. The van der Waals surface area contributed by atoms with Crippen LogP contribution in [0.15, 0.2) is 55.1 Å². The molecule has 0 saturated heterocycles. The Kier molecular flexibility index (Phi) is 7.96. The first-order valence-electron chi connectivity index (χ1n) is 13.1. The zero-order valence-corrected chi connectivity index (χ0v) is 23.4. The SMILES string of the molecule is C=Cc1c(Cc2cc(C)c(O)c(Cc3cc(C)ccc3C=O)c2C)cc(C)c(O)c1Cc1cc(C)ccc1O. The number of hydrogen-bond acceptors (Lipinski definition) is 4. The summed E-state index contributed by atoms with van der Waals surface area (Å²) < 4.78 is 0. The molecule has 0 atom stereocenters. The van der Waals surface area contributed by atoms with Gasteiger partial charge < -0.3 is 15.3 Å². The highest BCUT2D eigenvalue weighted by molar-refractivity contribution is 5.78. The molecule has 0 saturated carbocycles. The molecule has 3 N–H and O–H groups in total. The van der Waals surface area contributed by atoms with E-state index >= 15 is 0 Å². The highest BCUT2D eigenvalue weighted by Crippen LogP contribution is 2.37. The molecule has 39 heavy (non-hydrogen) atoms. The third kappa shape index (κ3) is 5.61. The number of rotatable bonds is 8. The molecule has 0 fully saturated rings. The van der Waals surface area contributed by atoms with Crippen LogP contribution >= 0.6 is 0 Å². The van der Waals surface area contributed by atoms with Crippen LogP contribution in [0.5, 0.6) is 17.2 Å². The van der Waals surface area contributed by atoms with Gasteiger partial charge in [0, 0.05) is 29.5 Å². The van der Waals surface area contributed by atoms with Crippen molar-refractivity contribution >= 4 is 12.4 Å². The average molecular weight is 521 g/mol. The summed E-state index contributed by atoms with van der Waals surface area (Å²) in [4.78, 5) is 11.7. The third-order valence-corrected chi connectivity index (χ3v) is 7.69. The van der Waals surface area contributed by atoms with Gasteiger partial charge in [0.25, 0.3) is 0 Å². The largest absolute Gasteiger partial charge is 0.508 e. The Hall–Kier alpha value is -4.31. The maximum Gasteiger partial charge on any atom is 0.150 e. The molecule has 0 aliphatic heterocycles.